The first-order chi connectivity index (χ1) is 15.0. The lowest BCUT2D eigenvalue weighted by atomic mass is 10.0. The van der Waals surface area contributed by atoms with Crippen LogP contribution in [0.1, 0.15) is 34.3 Å². The molecular weight excluding hydrogens is 447 g/mol. The number of primary amides is 1. The zero-order valence-corrected chi connectivity index (χ0v) is 18.1. The van der Waals surface area contributed by atoms with Gasteiger partial charge in [-0.3, -0.25) is 9.69 Å². The molecular formula is C21H23ClF3N5O2. The minimum Gasteiger partial charge on any atom is -0.366 e. The molecule has 7 nitrogen and oxygen atoms in total. The quantitative estimate of drug-likeness (QED) is 0.743. The maximum atomic E-state index is 13.0. The van der Waals surface area contributed by atoms with Gasteiger partial charge >= 0.3 is 12.2 Å². The Kier molecular flexibility index (Phi) is 5.93. The number of fused-ring (bicyclic) bond motifs is 1. The summed E-state index contributed by atoms with van der Waals surface area (Å²) in [5, 5.41) is 4.24. The minimum absolute atomic E-state index is 0.174. The van der Waals surface area contributed by atoms with Crippen molar-refractivity contribution in [2.75, 3.05) is 20.1 Å². The van der Waals surface area contributed by atoms with Crippen molar-refractivity contribution in [3.8, 4) is 0 Å². The molecule has 0 unspecified atom stereocenters. The molecule has 1 aromatic carbocycles. The molecule has 2 N–H and O–H groups in total. The van der Waals surface area contributed by atoms with Gasteiger partial charge in [-0.2, -0.15) is 23.0 Å². The highest BCUT2D eigenvalue weighted by atomic mass is 35.5. The molecule has 2 amide bonds. The van der Waals surface area contributed by atoms with Crippen LogP contribution in [0.3, 0.4) is 0 Å². The van der Waals surface area contributed by atoms with Crippen molar-refractivity contribution in [1.82, 2.24) is 19.6 Å². The monoisotopic (exact) mass is 469 g/mol. The van der Waals surface area contributed by atoms with Crippen LogP contribution in [-0.4, -0.2) is 57.7 Å². The zero-order chi connectivity index (χ0) is 23.2. The van der Waals surface area contributed by atoms with Gasteiger partial charge in [-0.05, 0) is 55.5 Å². The number of carbonyl (C=O) groups is 2. The van der Waals surface area contributed by atoms with Crippen LogP contribution in [0.25, 0.3) is 0 Å². The molecule has 1 aliphatic heterocycles. The molecule has 2 fully saturated rings. The van der Waals surface area contributed by atoms with Gasteiger partial charge in [0.25, 0.3) is 5.91 Å². The number of halogens is 4. The molecule has 0 spiro atoms. The molecule has 0 bridgehead atoms. The van der Waals surface area contributed by atoms with Gasteiger partial charge < -0.3 is 10.6 Å². The first kappa shape index (κ1) is 22.6. The number of hydrogen-bond acceptors (Lipinski definition) is 4. The number of rotatable bonds is 4. The molecule has 172 valence electrons. The Morgan fingerprint density at radius 3 is 2.47 bits per heavy atom. The average molecular weight is 470 g/mol. The number of alkyl halides is 3. The van der Waals surface area contributed by atoms with Crippen molar-refractivity contribution >= 4 is 23.5 Å². The van der Waals surface area contributed by atoms with Crippen molar-refractivity contribution in [2.24, 2.45) is 17.6 Å². The average Bonchev–Trinajstić information content (AvgIpc) is 3.42. The number of benzene rings is 1. The van der Waals surface area contributed by atoms with Gasteiger partial charge in [0.15, 0.2) is 0 Å². The summed E-state index contributed by atoms with van der Waals surface area (Å²) in [7, 11) is 1.89. The summed E-state index contributed by atoms with van der Waals surface area (Å²) in [6.07, 6.45) is -0.138. The summed E-state index contributed by atoms with van der Waals surface area (Å²) in [6, 6.07) is 3.29. The van der Waals surface area contributed by atoms with Crippen LogP contribution in [-0.2, 0) is 12.7 Å². The number of nitrogens with zero attached hydrogens (tertiary/aromatic N) is 4. The second-order valence-electron chi connectivity index (χ2n) is 8.59. The molecule has 1 aliphatic carbocycles. The lowest BCUT2D eigenvalue weighted by Gasteiger charge is -2.27. The van der Waals surface area contributed by atoms with Crippen molar-refractivity contribution in [2.45, 2.75) is 31.6 Å². The van der Waals surface area contributed by atoms with E-state index in [0.29, 0.717) is 42.1 Å². The summed E-state index contributed by atoms with van der Waals surface area (Å²) in [4.78, 5) is 27.6. The number of nitrogens with two attached hydrogens (primary N) is 1. The number of aromatic nitrogens is 2. The normalized spacial score (nSPS) is 23.1. The van der Waals surface area contributed by atoms with Gasteiger partial charge in [-0.15, -0.1) is 0 Å². The number of amides is 2. The van der Waals surface area contributed by atoms with Gasteiger partial charge in [0.2, 0.25) is 0 Å². The van der Waals surface area contributed by atoms with Crippen LogP contribution in [0, 0.1) is 11.8 Å². The Morgan fingerprint density at radius 2 is 1.91 bits per heavy atom. The number of hydrogen-bond donors (Lipinski definition) is 1. The van der Waals surface area contributed by atoms with Gasteiger partial charge in [-0.25, -0.2) is 4.79 Å². The van der Waals surface area contributed by atoms with Crippen LogP contribution in [0.5, 0.6) is 0 Å². The largest absolute Gasteiger partial charge is 0.416 e. The van der Waals surface area contributed by atoms with Crippen LogP contribution in [0.15, 0.2) is 30.6 Å². The molecule has 2 heterocycles. The van der Waals surface area contributed by atoms with Crippen molar-refractivity contribution in [1.29, 1.82) is 0 Å². The molecule has 2 aliphatic rings. The van der Waals surface area contributed by atoms with Gasteiger partial charge in [0.05, 0.1) is 17.3 Å². The van der Waals surface area contributed by atoms with Crippen LogP contribution < -0.4 is 5.73 Å². The van der Waals surface area contributed by atoms with Crippen molar-refractivity contribution < 1.29 is 22.8 Å². The smallest absolute Gasteiger partial charge is 0.366 e. The number of likely N-dealkylation sites (tertiary alicyclic amines) is 1. The predicted octanol–water partition coefficient (Wildman–Crippen LogP) is 3.46. The third-order valence-corrected chi connectivity index (χ3v) is 6.84. The highest BCUT2D eigenvalue weighted by molar-refractivity contribution is 6.31. The van der Waals surface area contributed by atoms with Gasteiger partial charge in [0.1, 0.15) is 0 Å². The SMILES string of the molecule is CN(Cc1cc(C(F)(F)F)ccc1Cl)[C@@H]1C[C@@H]2CN(C(=O)n3cc(C(N)=O)cn3)C[C@@H]2C1. The Hall–Kier alpha value is -2.59. The molecule has 0 radical (unpaired) electrons. The van der Waals surface area contributed by atoms with E-state index in [2.05, 4.69) is 5.10 Å². The summed E-state index contributed by atoms with van der Waals surface area (Å²) in [5.41, 5.74) is 5.12. The molecule has 2 aromatic rings. The van der Waals surface area contributed by atoms with E-state index in [4.69, 9.17) is 17.3 Å². The van der Waals surface area contributed by atoms with E-state index in [1.54, 1.807) is 4.90 Å². The first-order valence-electron chi connectivity index (χ1n) is 10.2. The van der Waals surface area contributed by atoms with Crippen molar-refractivity contribution in [3.05, 3.63) is 52.3 Å². The lowest BCUT2D eigenvalue weighted by molar-refractivity contribution is -0.137. The minimum atomic E-state index is -4.41. The first-order valence-corrected chi connectivity index (χ1v) is 10.6. The second kappa shape index (κ2) is 8.40. The van der Waals surface area contributed by atoms with Crippen LogP contribution in [0.2, 0.25) is 5.02 Å². The highest BCUT2D eigenvalue weighted by Gasteiger charge is 2.44. The van der Waals surface area contributed by atoms with E-state index in [1.165, 1.54) is 18.5 Å². The molecule has 1 saturated carbocycles. The lowest BCUT2D eigenvalue weighted by Crippen LogP contribution is -2.36. The summed E-state index contributed by atoms with van der Waals surface area (Å²) in [6.45, 7) is 1.46. The second-order valence-corrected chi connectivity index (χ2v) is 9.00. The van der Waals surface area contributed by atoms with E-state index in [1.807, 2.05) is 11.9 Å². The summed E-state index contributed by atoms with van der Waals surface area (Å²) in [5.74, 6) is -0.0433. The third-order valence-electron chi connectivity index (χ3n) is 6.48. The zero-order valence-electron chi connectivity index (χ0n) is 17.3. The Morgan fingerprint density at radius 1 is 1.25 bits per heavy atom. The van der Waals surface area contributed by atoms with Gasteiger partial charge in [-0.1, -0.05) is 11.6 Å². The number of carbonyl (C=O) groups excluding carboxylic acids is 2. The van der Waals surface area contributed by atoms with Gasteiger partial charge in [0, 0.05) is 36.9 Å². The molecule has 1 saturated heterocycles. The summed E-state index contributed by atoms with van der Waals surface area (Å²) < 4.78 is 40.2. The molecule has 11 heteroatoms. The highest BCUT2D eigenvalue weighted by Crippen LogP contribution is 2.41. The topological polar surface area (TPSA) is 84.5 Å². The fourth-order valence-corrected chi connectivity index (χ4v) is 4.93. The fraction of sp³-hybridized carbons (Fsp3) is 0.476. The van der Waals surface area contributed by atoms with Crippen LogP contribution in [0.4, 0.5) is 18.0 Å². The van der Waals surface area contributed by atoms with E-state index in [-0.39, 0.29) is 17.6 Å². The molecule has 32 heavy (non-hydrogen) atoms. The Labute approximate surface area is 187 Å². The molecule has 3 atom stereocenters. The van der Waals surface area contributed by atoms with E-state index < -0.39 is 17.6 Å². The maximum Gasteiger partial charge on any atom is 0.416 e. The van der Waals surface area contributed by atoms with E-state index in [9.17, 15) is 22.8 Å². The maximum absolute atomic E-state index is 13.0. The standard InChI is InChI=1S/C21H23ClF3N5O2/c1-28(8-14-4-16(21(23,24)25)2-3-18(14)22)17-5-12-9-29(10-13(12)6-17)20(32)30-11-15(7-27-30)19(26)31/h2-4,7,11-13,17H,5-6,8-10H2,1H3,(H2,26,31)/t12-,13+,17-. The Balaban J connectivity index is 1.36. The van der Waals surface area contributed by atoms with E-state index >= 15 is 0 Å². The molecule has 1 aromatic heterocycles. The van der Waals surface area contributed by atoms with E-state index in [0.717, 1.165) is 29.7 Å². The third kappa shape index (κ3) is 4.47. The van der Waals surface area contributed by atoms with Crippen LogP contribution >= 0.6 is 11.6 Å². The summed E-state index contributed by atoms with van der Waals surface area (Å²) >= 11 is 6.15. The molecule has 4 rings (SSSR count). The fourth-order valence-electron chi connectivity index (χ4n) is 4.75. The van der Waals surface area contributed by atoms with Crippen molar-refractivity contribution in [3.63, 3.8) is 0 Å². The predicted molar refractivity (Wildman–Crippen MR) is 111 cm³/mol. The Bertz CT molecular complexity index is 1030.